The SMILES string of the molecule is C[C@@H](O)CC1CCS(=O)(=O)C1(C)C. The van der Waals surface area contributed by atoms with Crippen LogP contribution in [0.1, 0.15) is 33.6 Å². The lowest BCUT2D eigenvalue weighted by Gasteiger charge is -2.26. The number of aliphatic hydroxyl groups is 1. The molecule has 1 rings (SSSR count). The van der Waals surface area contributed by atoms with Crippen molar-refractivity contribution in [2.24, 2.45) is 5.92 Å². The molecule has 0 aromatic heterocycles. The lowest BCUT2D eigenvalue weighted by Crippen LogP contribution is -2.34. The fourth-order valence-corrected chi connectivity index (χ4v) is 3.82. The van der Waals surface area contributed by atoms with Crippen molar-refractivity contribution in [2.75, 3.05) is 5.75 Å². The summed E-state index contributed by atoms with van der Waals surface area (Å²) < 4.78 is 22.5. The van der Waals surface area contributed by atoms with Gasteiger partial charge in [0.1, 0.15) is 0 Å². The van der Waals surface area contributed by atoms with E-state index in [0.29, 0.717) is 12.8 Å². The van der Waals surface area contributed by atoms with Crippen molar-refractivity contribution in [1.29, 1.82) is 0 Å². The molecule has 1 unspecified atom stereocenters. The normalized spacial score (nSPS) is 33.1. The van der Waals surface area contributed by atoms with Crippen molar-refractivity contribution in [1.82, 2.24) is 0 Å². The van der Waals surface area contributed by atoms with Crippen molar-refractivity contribution >= 4 is 9.84 Å². The van der Waals surface area contributed by atoms with Gasteiger partial charge in [-0.2, -0.15) is 0 Å². The van der Waals surface area contributed by atoms with Gasteiger partial charge in [-0.05, 0) is 39.5 Å². The number of hydrogen-bond donors (Lipinski definition) is 1. The van der Waals surface area contributed by atoms with Gasteiger partial charge in [-0.15, -0.1) is 0 Å². The first-order chi connectivity index (χ1) is 5.77. The minimum absolute atomic E-state index is 0.109. The molecule has 0 aromatic rings. The third-order valence-electron chi connectivity index (χ3n) is 3.15. The van der Waals surface area contributed by atoms with Gasteiger partial charge in [0, 0.05) is 0 Å². The topological polar surface area (TPSA) is 54.4 Å². The van der Waals surface area contributed by atoms with Crippen LogP contribution >= 0.6 is 0 Å². The molecule has 1 heterocycles. The molecular weight excluding hydrogens is 188 g/mol. The Morgan fingerprint density at radius 3 is 2.38 bits per heavy atom. The summed E-state index contributed by atoms with van der Waals surface area (Å²) in [7, 11) is -2.93. The van der Waals surface area contributed by atoms with E-state index in [4.69, 9.17) is 0 Å². The summed E-state index contributed by atoms with van der Waals surface area (Å²) in [5.41, 5.74) is 0. The molecule has 1 saturated heterocycles. The summed E-state index contributed by atoms with van der Waals surface area (Å²) in [4.78, 5) is 0. The summed E-state index contributed by atoms with van der Waals surface area (Å²) in [6.45, 7) is 5.24. The molecule has 2 atom stereocenters. The monoisotopic (exact) mass is 206 g/mol. The summed E-state index contributed by atoms with van der Waals surface area (Å²) in [6, 6.07) is 0. The lowest BCUT2D eigenvalue weighted by atomic mass is 9.88. The van der Waals surface area contributed by atoms with Crippen LogP contribution in [0.15, 0.2) is 0 Å². The average Bonchev–Trinajstić information content (AvgIpc) is 2.11. The summed E-state index contributed by atoms with van der Waals surface area (Å²) in [5.74, 6) is 0.384. The first-order valence-corrected chi connectivity index (χ1v) is 6.33. The van der Waals surface area contributed by atoms with Gasteiger partial charge in [-0.3, -0.25) is 0 Å². The van der Waals surface area contributed by atoms with E-state index in [9.17, 15) is 13.5 Å². The summed E-state index contributed by atoms with van der Waals surface area (Å²) >= 11 is 0. The second-order valence-electron chi connectivity index (χ2n) is 4.49. The fourth-order valence-electron chi connectivity index (χ4n) is 1.98. The zero-order valence-corrected chi connectivity index (χ0v) is 9.26. The van der Waals surface area contributed by atoms with Crippen molar-refractivity contribution in [3.05, 3.63) is 0 Å². The molecule has 0 saturated carbocycles. The van der Waals surface area contributed by atoms with Crippen molar-refractivity contribution in [3.63, 3.8) is 0 Å². The van der Waals surface area contributed by atoms with Crippen molar-refractivity contribution in [3.8, 4) is 0 Å². The van der Waals surface area contributed by atoms with Crippen LogP contribution in [0, 0.1) is 5.92 Å². The van der Waals surface area contributed by atoms with Gasteiger partial charge in [0.2, 0.25) is 0 Å². The Bertz CT molecular complexity index is 277. The minimum atomic E-state index is -2.93. The molecule has 4 heteroatoms. The van der Waals surface area contributed by atoms with Gasteiger partial charge in [-0.25, -0.2) is 8.42 Å². The molecule has 1 fully saturated rings. The van der Waals surface area contributed by atoms with E-state index in [1.54, 1.807) is 20.8 Å². The Balaban J connectivity index is 2.83. The zero-order chi connectivity index (χ0) is 10.3. The van der Waals surface area contributed by atoms with Crippen molar-refractivity contribution < 1.29 is 13.5 Å². The predicted molar refractivity (Wildman–Crippen MR) is 52.3 cm³/mol. The molecule has 0 aliphatic carbocycles. The van der Waals surface area contributed by atoms with Crippen LogP contribution in [-0.4, -0.2) is 30.1 Å². The summed E-state index contributed by atoms with van der Waals surface area (Å²) in [6.07, 6.45) is 0.879. The van der Waals surface area contributed by atoms with Crippen LogP contribution in [0.2, 0.25) is 0 Å². The van der Waals surface area contributed by atoms with E-state index in [1.165, 1.54) is 0 Å². The lowest BCUT2D eigenvalue weighted by molar-refractivity contribution is 0.152. The van der Waals surface area contributed by atoms with Gasteiger partial charge in [-0.1, -0.05) is 0 Å². The maximum atomic E-state index is 11.6. The number of rotatable bonds is 2. The van der Waals surface area contributed by atoms with Gasteiger partial charge < -0.3 is 5.11 Å². The molecule has 0 spiro atoms. The Kier molecular flexibility index (Phi) is 2.74. The number of hydrogen-bond acceptors (Lipinski definition) is 3. The van der Waals surface area contributed by atoms with Crippen LogP contribution in [0.4, 0.5) is 0 Å². The standard InChI is InChI=1S/C9H18O3S/c1-7(10)6-8-4-5-13(11,12)9(8,2)3/h7-8,10H,4-6H2,1-3H3/t7-,8?/m1/s1. The maximum absolute atomic E-state index is 11.6. The third kappa shape index (κ3) is 1.89. The molecule has 0 radical (unpaired) electrons. The van der Waals surface area contributed by atoms with Crippen LogP contribution in [0.25, 0.3) is 0 Å². The number of aliphatic hydroxyl groups excluding tert-OH is 1. The Morgan fingerprint density at radius 1 is 1.54 bits per heavy atom. The first kappa shape index (κ1) is 11.0. The minimum Gasteiger partial charge on any atom is -0.393 e. The van der Waals surface area contributed by atoms with Gasteiger partial charge >= 0.3 is 0 Å². The van der Waals surface area contributed by atoms with Gasteiger partial charge in [0.15, 0.2) is 9.84 Å². The third-order valence-corrected chi connectivity index (χ3v) is 5.86. The Hall–Kier alpha value is -0.0900. The van der Waals surface area contributed by atoms with Crippen LogP contribution < -0.4 is 0 Å². The quantitative estimate of drug-likeness (QED) is 0.732. The summed E-state index contributed by atoms with van der Waals surface area (Å²) in [5, 5.41) is 9.22. The zero-order valence-electron chi connectivity index (χ0n) is 8.45. The molecule has 1 N–H and O–H groups in total. The maximum Gasteiger partial charge on any atom is 0.155 e. The average molecular weight is 206 g/mol. The highest BCUT2D eigenvalue weighted by Gasteiger charge is 2.47. The Labute approximate surface area is 80.1 Å². The van der Waals surface area contributed by atoms with Crippen molar-refractivity contribution in [2.45, 2.75) is 44.5 Å². The highest BCUT2D eigenvalue weighted by molar-refractivity contribution is 7.93. The van der Waals surface area contributed by atoms with Crippen LogP contribution in [0.3, 0.4) is 0 Å². The molecule has 1 aliphatic rings. The molecule has 0 aromatic carbocycles. The molecule has 13 heavy (non-hydrogen) atoms. The van der Waals surface area contributed by atoms with Gasteiger partial charge in [0.05, 0.1) is 16.6 Å². The highest BCUT2D eigenvalue weighted by atomic mass is 32.2. The molecule has 0 bridgehead atoms. The van der Waals surface area contributed by atoms with E-state index >= 15 is 0 Å². The van der Waals surface area contributed by atoms with E-state index in [2.05, 4.69) is 0 Å². The van der Waals surface area contributed by atoms with Crippen LogP contribution in [0.5, 0.6) is 0 Å². The molecule has 3 nitrogen and oxygen atoms in total. The van der Waals surface area contributed by atoms with Crippen LogP contribution in [-0.2, 0) is 9.84 Å². The largest absolute Gasteiger partial charge is 0.393 e. The van der Waals surface area contributed by atoms with Gasteiger partial charge in [0.25, 0.3) is 0 Å². The predicted octanol–water partition coefficient (Wildman–Crippen LogP) is 0.971. The second kappa shape index (κ2) is 3.24. The molecule has 0 amide bonds. The highest BCUT2D eigenvalue weighted by Crippen LogP contribution is 2.39. The first-order valence-electron chi connectivity index (χ1n) is 4.68. The second-order valence-corrected chi connectivity index (χ2v) is 7.18. The molecule has 1 aliphatic heterocycles. The van der Waals surface area contributed by atoms with E-state index < -0.39 is 20.7 Å². The molecule has 78 valence electrons. The fraction of sp³-hybridized carbons (Fsp3) is 1.00. The Morgan fingerprint density at radius 2 is 2.08 bits per heavy atom. The van der Waals surface area contributed by atoms with E-state index in [1.807, 2.05) is 0 Å². The number of sulfone groups is 1. The van der Waals surface area contributed by atoms with E-state index in [-0.39, 0.29) is 11.7 Å². The molecular formula is C9H18O3S. The van der Waals surface area contributed by atoms with E-state index in [0.717, 1.165) is 0 Å². The smallest absolute Gasteiger partial charge is 0.155 e.